The van der Waals surface area contributed by atoms with Gasteiger partial charge in [0.15, 0.2) is 0 Å². The molecule has 14 heavy (non-hydrogen) atoms. The molecule has 0 spiro atoms. The highest BCUT2D eigenvalue weighted by Gasteiger charge is 2.16. The summed E-state index contributed by atoms with van der Waals surface area (Å²) in [5.74, 6) is 1.30. The van der Waals surface area contributed by atoms with Crippen molar-refractivity contribution in [3.05, 3.63) is 0 Å². The van der Waals surface area contributed by atoms with Crippen molar-refractivity contribution < 1.29 is 0 Å². The first kappa shape index (κ1) is 14.5. The van der Waals surface area contributed by atoms with Crippen LogP contribution in [0.5, 0.6) is 0 Å². The molecular weight excluding hydrogens is 206 g/mol. The molecule has 0 N–H and O–H groups in total. The van der Waals surface area contributed by atoms with Crippen molar-refractivity contribution in [2.45, 2.75) is 59.4 Å². The van der Waals surface area contributed by atoms with E-state index >= 15 is 0 Å². The predicted octanol–water partition coefficient (Wildman–Crippen LogP) is 3.67. The van der Waals surface area contributed by atoms with Crippen LogP contribution in [-0.2, 0) is 0 Å². The highest BCUT2D eigenvalue weighted by Crippen LogP contribution is 2.19. The fraction of sp³-hybridized carbons (Fsp3) is 1.00. The number of rotatable bonds is 6. The molecule has 0 aliphatic rings. The average molecular weight is 233 g/mol. The Kier molecular flexibility index (Phi) is 6.42. The van der Waals surface area contributed by atoms with Crippen LogP contribution < -0.4 is 0 Å². The summed E-state index contributed by atoms with van der Waals surface area (Å²) in [5.41, 5.74) is 0. The van der Waals surface area contributed by atoms with E-state index in [1.165, 1.54) is 12.3 Å². The molecule has 1 nitrogen and oxygen atoms in total. The second-order valence-corrected chi connectivity index (χ2v) is 14.8. The zero-order chi connectivity index (χ0) is 11.4. The van der Waals surface area contributed by atoms with E-state index in [9.17, 15) is 0 Å². The molecule has 0 aromatic rings. The average Bonchev–Trinajstić information content (AvgIpc) is 1.94. The Bertz CT molecular complexity index is 144. The third-order valence-corrected chi connectivity index (χ3v) is 6.67. The Hall–Kier alpha value is 0.527. The Morgan fingerprint density at radius 2 is 1.43 bits per heavy atom. The monoisotopic (exact) mass is 233 g/mol. The van der Waals surface area contributed by atoms with E-state index in [-0.39, 0.29) is 0 Å². The van der Waals surface area contributed by atoms with E-state index in [4.69, 9.17) is 0 Å². The van der Waals surface area contributed by atoms with E-state index in [1.807, 2.05) is 0 Å². The summed E-state index contributed by atoms with van der Waals surface area (Å²) in [5, 5.41) is 0. The molecule has 0 bridgehead atoms. The first-order valence-corrected chi connectivity index (χ1v) is 10.8. The van der Waals surface area contributed by atoms with E-state index in [2.05, 4.69) is 63.4 Å². The molecule has 0 aromatic carbocycles. The van der Waals surface area contributed by atoms with Crippen LogP contribution in [0.25, 0.3) is 0 Å². The lowest BCUT2D eigenvalue weighted by Gasteiger charge is -2.31. The molecule has 0 aromatic heterocycles. The van der Waals surface area contributed by atoms with Crippen molar-refractivity contribution in [1.29, 1.82) is 0 Å². The van der Waals surface area contributed by atoms with Crippen molar-refractivity contribution in [3.63, 3.8) is 0 Å². The van der Waals surface area contributed by atoms with Gasteiger partial charge in [0.2, 0.25) is 0 Å². The van der Waals surface area contributed by atoms with Gasteiger partial charge in [-0.2, -0.15) is 11.2 Å². The van der Waals surface area contributed by atoms with Gasteiger partial charge in [-0.1, -0.05) is 19.6 Å². The Morgan fingerprint density at radius 1 is 1.00 bits per heavy atom. The summed E-state index contributed by atoms with van der Waals surface area (Å²) in [6.07, 6.45) is 0. The van der Waals surface area contributed by atoms with Crippen LogP contribution in [0.1, 0.15) is 27.7 Å². The van der Waals surface area contributed by atoms with Crippen molar-refractivity contribution in [3.8, 4) is 0 Å². The van der Waals surface area contributed by atoms with Crippen molar-refractivity contribution in [1.82, 2.24) is 4.90 Å². The fourth-order valence-electron chi connectivity index (χ4n) is 1.57. The van der Waals surface area contributed by atoms with Gasteiger partial charge in [-0.25, -0.2) is 0 Å². The van der Waals surface area contributed by atoms with Crippen LogP contribution in [-0.4, -0.2) is 36.5 Å². The van der Waals surface area contributed by atoms with Gasteiger partial charge in [0.05, 0.1) is 0 Å². The molecule has 0 atom stereocenters. The molecule has 0 aliphatic carbocycles. The topological polar surface area (TPSA) is 3.24 Å². The molecule has 0 aliphatic heterocycles. The molecule has 0 radical (unpaired) electrons. The Morgan fingerprint density at radius 3 is 1.71 bits per heavy atom. The van der Waals surface area contributed by atoms with E-state index < -0.39 is 7.22 Å². The highest BCUT2D eigenvalue weighted by atomic mass is 32.4. The minimum Gasteiger partial charge on any atom is -0.298 e. The van der Waals surface area contributed by atoms with E-state index in [0.29, 0.717) is 12.1 Å². The van der Waals surface area contributed by atoms with Crippen LogP contribution in [0.2, 0.25) is 19.6 Å². The first-order chi connectivity index (χ1) is 6.24. The van der Waals surface area contributed by atoms with Crippen LogP contribution in [0.15, 0.2) is 0 Å². The molecule has 0 fully saturated rings. The Balaban J connectivity index is 3.84. The molecule has 0 amide bonds. The summed E-state index contributed by atoms with van der Waals surface area (Å²) in [6, 6.07) is 1.36. The lowest BCUT2D eigenvalue weighted by molar-refractivity contribution is 0.187. The lowest BCUT2D eigenvalue weighted by Crippen LogP contribution is -2.39. The predicted molar refractivity (Wildman–Crippen MR) is 72.8 cm³/mol. The van der Waals surface area contributed by atoms with E-state index in [1.54, 1.807) is 0 Å². The van der Waals surface area contributed by atoms with Gasteiger partial charge in [-0.05, 0) is 27.7 Å². The fourth-order valence-corrected chi connectivity index (χ4v) is 4.60. The van der Waals surface area contributed by atoms with Crippen LogP contribution in [0, 0.1) is 0 Å². The molecule has 0 rings (SSSR count). The maximum absolute atomic E-state index is 2.58. The van der Waals surface area contributed by atoms with Crippen molar-refractivity contribution in [2.75, 3.05) is 12.3 Å². The zero-order valence-electron chi connectivity index (χ0n) is 10.9. The van der Waals surface area contributed by atoms with Gasteiger partial charge < -0.3 is 0 Å². The lowest BCUT2D eigenvalue weighted by atomic mass is 10.2. The molecule has 0 saturated carbocycles. The first-order valence-electron chi connectivity index (χ1n) is 5.63. The van der Waals surface area contributed by atoms with Gasteiger partial charge in [-0.3, -0.25) is 4.90 Å². The second kappa shape index (κ2) is 6.18. The van der Waals surface area contributed by atoms with Gasteiger partial charge >= 0.3 is 0 Å². The molecule has 0 heterocycles. The molecule has 3 heteroatoms. The summed E-state index contributed by atoms with van der Waals surface area (Å²) in [4.78, 5) is 2.58. The van der Waals surface area contributed by atoms with Crippen LogP contribution in [0.4, 0.5) is 0 Å². The standard InChI is InChI=1S/C11H27NSSi/c1-10(2)12(11(3)4)8-9-13-14(5,6)7/h10-11H,8-9H2,1-7H3. The van der Waals surface area contributed by atoms with Crippen molar-refractivity contribution in [2.24, 2.45) is 0 Å². The van der Waals surface area contributed by atoms with Gasteiger partial charge in [0.1, 0.15) is 7.22 Å². The Labute approximate surface area is 95.3 Å². The molecule has 86 valence electrons. The molecule has 0 unspecified atom stereocenters. The van der Waals surface area contributed by atoms with Gasteiger partial charge in [0, 0.05) is 24.4 Å². The number of hydrogen-bond acceptors (Lipinski definition) is 2. The molecular formula is C11H27NSSi. The van der Waals surface area contributed by atoms with Gasteiger partial charge in [0.25, 0.3) is 0 Å². The smallest absolute Gasteiger partial charge is 0.108 e. The number of hydrogen-bond donors (Lipinski definition) is 0. The third kappa shape index (κ3) is 6.90. The highest BCUT2D eigenvalue weighted by molar-refractivity contribution is 8.28. The van der Waals surface area contributed by atoms with Crippen LogP contribution >= 0.6 is 11.2 Å². The number of nitrogens with zero attached hydrogens (tertiary/aromatic N) is 1. The minimum absolute atomic E-state index is 0.678. The maximum Gasteiger partial charge on any atom is 0.108 e. The summed E-state index contributed by atoms with van der Waals surface area (Å²) in [6.45, 7) is 17.7. The SMILES string of the molecule is CC(C)N(CCS[Si](C)(C)C)C(C)C. The van der Waals surface area contributed by atoms with Crippen LogP contribution in [0.3, 0.4) is 0 Å². The second-order valence-electron chi connectivity index (χ2n) is 5.39. The van der Waals surface area contributed by atoms with E-state index in [0.717, 1.165) is 0 Å². The third-order valence-electron chi connectivity index (χ3n) is 2.21. The normalized spacial score (nSPS) is 13.3. The van der Waals surface area contributed by atoms with Crippen molar-refractivity contribution >= 4 is 18.4 Å². The largest absolute Gasteiger partial charge is 0.298 e. The maximum atomic E-state index is 2.58. The zero-order valence-corrected chi connectivity index (χ0v) is 12.7. The molecule has 0 saturated heterocycles. The summed E-state index contributed by atoms with van der Waals surface area (Å²) in [7, 11) is -0.904. The quantitative estimate of drug-likeness (QED) is 0.644. The summed E-state index contributed by atoms with van der Waals surface area (Å²) < 4.78 is 0. The minimum atomic E-state index is -0.904. The summed E-state index contributed by atoms with van der Waals surface area (Å²) >= 11 is 2.19. The van der Waals surface area contributed by atoms with Gasteiger partial charge in [-0.15, -0.1) is 0 Å².